The van der Waals surface area contributed by atoms with Gasteiger partial charge in [0.25, 0.3) is 0 Å². The lowest BCUT2D eigenvalue weighted by Gasteiger charge is -2.32. The van der Waals surface area contributed by atoms with Crippen LogP contribution < -0.4 is 0 Å². The Balaban J connectivity index is 3.05. The zero-order valence-electron chi connectivity index (χ0n) is 8.59. The Morgan fingerprint density at radius 2 is 1.77 bits per heavy atom. The van der Waals surface area contributed by atoms with Gasteiger partial charge in [-0.3, -0.25) is 4.79 Å². The average molecular weight is 200 g/mol. The molecule has 0 unspecified atom stereocenters. The van der Waals surface area contributed by atoms with Crippen LogP contribution >= 0.6 is 12.2 Å². The van der Waals surface area contributed by atoms with E-state index < -0.39 is 0 Å². The second-order valence-electron chi connectivity index (χ2n) is 4.29. The Labute approximate surface area is 84.7 Å². The molecule has 13 heavy (non-hydrogen) atoms. The number of esters is 1. The van der Waals surface area contributed by atoms with Gasteiger partial charge < -0.3 is 4.74 Å². The van der Waals surface area contributed by atoms with Gasteiger partial charge >= 0.3 is 5.97 Å². The number of hydrogen-bond acceptors (Lipinski definition) is 3. The van der Waals surface area contributed by atoms with Crippen molar-refractivity contribution in [3.05, 3.63) is 0 Å². The van der Waals surface area contributed by atoms with Crippen molar-refractivity contribution in [1.82, 2.24) is 0 Å². The van der Waals surface area contributed by atoms with E-state index in [2.05, 4.69) is 27.7 Å². The lowest BCUT2D eigenvalue weighted by Crippen LogP contribution is -2.37. The third kappa shape index (κ3) is 1.50. The largest absolute Gasteiger partial charge is 0.419 e. The summed E-state index contributed by atoms with van der Waals surface area (Å²) in [6.45, 7) is 8.20. The van der Waals surface area contributed by atoms with E-state index in [-0.39, 0.29) is 23.2 Å². The molecule has 0 bridgehead atoms. The summed E-state index contributed by atoms with van der Waals surface area (Å²) >= 11 is 4.94. The molecule has 1 aliphatic rings. The van der Waals surface area contributed by atoms with Gasteiger partial charge in [0, 0.05) is 6.42 Å². The minimum atomic E-state index is -0.378. The summed E-state index contributed by atoms with van der Waals surface area (Å²) in [7, 11) is 0. The fourth-order valence-corrected chi connectivity index (χ4v) is 2.41. The molecule has 0 aromatic carbocycles. The molecule has 0 radical (unpaired) electrons. The summed E-state index contributed by atoms with van der Waals surface area (Å²) in [6.07, 6.45) is 0.608. The predicted octanol–water partition coefficient (Wildman–Crippen LogP) is 2.56. The molecule has 0 N–H and O–H groups in total. The van der Waals surface area contributed by atoms with Crippen molar-refractivity contribution in [1.29, 1.82) is 0 Å². The Morgan fingerprint density at radius 3 is 1.92 bits per heavy atom. The number of hydrogen-bond donors (Lipinski definition) is 0. The second-order valence-corrected chi connectivity index (χ2v) is 4.74. The first-order valence-corrected chi connectivity index (χ1v) is 5.07. The first-order valence-electron chi connectivity index (χ1n) is 4.66. The molecule has 2 nitrogen and oxygen atoms in total. The Morgan fingerprint density at radius 1 is 1.31 bits per heavy atom. The molecule has 0 atom stereocenters. The number of carbonyl (C=O) groups excluding carboxylic acids is 1. The van der Waals surface area contributed by atoms with Crippen molar-refractivity contribution in [2.45, 2.75) is 34.1 Å². The molecule has 1 saturated heterocycles. The van der Waals surface area contributed by atoms with Crippen LogP contribution in [0.2, 0.25) is 0 Å². The molecule has 1 rings (SSSR count). The van der Waals surface area contributed by atoms with Crippen LogP contribution in [0, 0.1) is 17.3 Å². The van der Waals surface area contributed by atoms with Gasteiger partial charge in [0.2, 0.25) is 0 Å². The van der Waals surface area contributed by atoms with Crippen LogP contribution in [-0.4, -0.2) is 11.0 Å². The van der Waals surface area contributed by atoms with Crippen LogP contribution in [0.5, 0.6) is 0 Å². The van der Waals surface area contributed by atoms with Crippen LogP contribution in [0.3, 0.4) is 0 Å². The normalized spacial score (nSPS) is 21.4. The quantitative estimate of drug-likeness (QED) is 0.506. The van der Waals surface area contributed by atoms with E-state index in [9.17, 15) is 4.79 Å². The van der Waals surface area contributed by atoms with Crippen molar-refractivity contribution in [2.75, 3.05) is 0 Å². The van der Waals surface area contributed by atoms with Gasteiger partial charge in [-0.05, 0) is 24.1 Å². The van der Waals surface area contributed by atoms with E-state index in [4.69, 9.17) is 17.0 Å². The molecule has 1 heterocycles. The van der Waals surface area contributed by atoms with E-state index in [1.165, 1.54) is 0 Å². The van der Waals surface area contributed by atoms with Gasteiger partial charge in [-0.2, -0.15) is 0 Å². The molecular formula is C10H16O2S. The second kappa shape index (κ2) is 3.37. The third-order valence-corrected chi connectivity index (χ3v) is 3.31. The minimum absolute atomic E-state index is 0.137. The van der Waals surface area contributed by atoms with Crippen LogP contribution in [0.25, 0.3) is 0 Å². The zero-order chi connectivity index (χ0) is 10.2. The Hall–Kier alpha value is -0.440. The van der Waals surface area contributed by atoms with Crippen molar-refractivity contribution in [3.8, 4) is 0 Å². The maximum absolute atomic E-state index is 11.7. The van der Waals surface area contributed by atoms with Crippen LogP contribution in [0.4, 0.5) is 0 Å². The van der Waals surface area contributed by atoms with Gasteiger partial charge in [0.05, 0.1) is 5.41 Å². The number of cyclic esters (lactones) is 1. The first kappa shape index (κ1) is 10.6. The van der Waals surface area contributed by atoms with E-state index >= 15 is 0 Å². The van der Waals surface area contributed by atoms with Gasteiger partial charge in [-0.1, -0.05) is 27.7 Å². The molecule has 3 heteroatoms. The summed E-state index contributed by atoms with van der Waals surface area (Å²) in [5.74, 6) is 0.420. The standard InChI is InChI=1S/C10H16O2S/c1-6(2)10(7(3)4)5-8(13)12-9(10)11/h6-7H,5H2,1-4H3. The molecule has 1 aliphatic heterocycles. The average Bonchev–Trinajstić information content (AvgIpc) is 2.26. The molecule has 0 aromatic heterocycles. The molecule has 0 spiro atoms. The van der Waals surface area contributed by atoms with E-state index in [1.54, 1.807) is 0 Å². The highest BCUT2D eigenvalue weighted by molar-refractivity contribution is 7.80. The molecule has 0 aliphatic carbocycles. The van der Waals surface area contributed by atoms with Crippen molar-refractivity contribution in [3.63, 3.8) is 0 Å². The maximum Gasteiger partial charge on any atom is 0.318 e. The molecule has 0 aromatic rings. The highest BCUT2D eigenvalue weighted by Crippen LogP contribution is 2.44. The molecule has 1 fully saturated rings. The predicted molar refractivity (Wildman–Crippen MR) is 55.4 cm³/mol. The SMILES string of the molecule is CC(C)C1(C(C)C)CC(=S)OC1=O. The van der Waals surface area contributed by atoms with Gasteiger partial charge in [0.15, 0.2) is 5.05 Å². The zero-order valence-corrected chi connectivity index (χ0v) is 9.40. The monoisotopic (exact) mass is 200 g/mol. The van der Waals surface area contributed by atoms with Gasteiger partial charge in [-0.15, -0.1) is 0 Å². The lowest BCUT2D eigenvalue weighted by atomic mass is 9.68. The van der Waals surface area contributed by atoms with Gasteiger partial charge in [-0.25, -0.2) is 0 Å². The first-order chi connectivity index (χ1) is 5.91. The van der Waals surface area contributed by atoms with Crippen molar-refractivity contribution in [2.24, 2.45) is 17.3 Å². The highest BCUT2D eigenvalue weighted by Gasteiger charge is 2.51. The van der Waals surface area contributed by atoms with Crippen LogP contribution in [-0.2, 0) is 9.53 Å². The molecule has 0 amide bonds. The van der Waals surface area contributed by atoms with Crippen LogP contribution in [0.1, 0.15) is 34.1 Å². The smallest absolute Gasteiger partial charge is 0.318 e. The fourth-order valence-electron chi connectivity index (χ4n) is 2.09. The summed E-state index contributed by atoms with van der Waals surface area (Å²) in [4.78, 5) is 11.7. The number of ether oxygens (including phenoxy) is 1. The van der Waals surface area contributed by atoms with Crippen LogP contribution in [0.15, 0.2) is 0 Å². The summed E-state index contributed by atoms with van der Waals surface area (Å²) in [5.41, 5.74) is -0.378. The molecule has 74 valence electrons. The van der Waals surface area contributed by atoms with E-state index in [1.807, 2.05) is 0 Å². The van der Waals surface area contributed by atoms with Gasteiger partial charge in [0.1, 0.15) is 0 Å². The number of rotatable bonds is 2. The fraction of sp³-hybridized carbons (Fsp3) is 0.800. The van der Waals surface area contributed by atoms with E-state index in [0.29, 0.717) is 11.5 Å². The lowest BCUT2D eigenvalue weighted by molar-refractivity contribution is -0.147. The maximum atomic E-state index is 11.7. The number of thiocarbonyl (C=S) groups is 1. The van der Waals surface area contributed by atoms with Crippen molar-refractivity contribution < 1.29 is 9.53 Å². The summed E-state index contributed by atoms with van der Waals surface area (Å²) in [5, 5.41) is 0.451. The Bertz CT molecular complexity index is 235. The van der Waals surface area contributed by atoms with Crippen molar-refractivity contribution >= 4 is 23.2 Å². The summed E-state index contributed by atoms with van der Waals surface area (Å²) in [6, 6.07) is 0. The van der Waals surface area contributed by atoms with E-state index in [0.717, 1.165) is 0 Å². The molecule has 0 saturated carbocycles. The minimum Gasteiger partial charge on any atom is -0.419 e. The third-order valence-electron chi connectivity index (χ3n) is 3.08. The Kier molecular flexibility index (Phi) is 2.76. The topological polar surface area (TPSA) is 26.3 Å². The number of carbonyl (C=O) groups is 1. The molecular weight excluding hydrogens is 184 g/mol. The summed E-state index contributed by atoms with van der Waals surface area (Å²) < 4.78 is 4.99. The highest BCUT2D eigenvalue weighted by atomic mass is 32.1.